The van der Waals surface area contributed by atoms with Gasteiger partial charge in [-0.3, -0.25) is 0 Å². The van der Waals surface area contributed by atoms with Gasteiger partial charge < -0.3 is 5.73 Å². The molecule has 114 valence electrons. The van der Waals surface area contributed by atoms with Crippen LogP contribution in [0.5, 0.6) is 0 Å². The van der Waals surface area contributed by atoms with Gasteiger partial charge in [0.05, 0.1) is 11.9 Å². The van der Waals surface area contributed by atoms with Crippen molar-refractivity contribution < 1.29 is 8.78 Å². The quantitative estimate of drug-likeness (QED) is 0.799. The molecule has 3 nitrogen and oxygen atoms in total. The van der Waals surface area contributed by atoms with Crippen molar-refractivity contribution in [3.8, 4) is 16.8 Å². The standard InChI is InChI=1S/C16H13F2N3.ClH/c17-13-2-4-14(5-3-13)21-10-12(9-20-21)15-7-11(8-19)1-6-16(15)18;/h1-7,9-10H,8,19H2;1H. The van der Waals surface area contributed by atoms with E-state index in [1.807, 2.05) is 0 Å². The van der Waals surface area contributed by atoms with Crippen LogP contribution in [-0.2, 0) is 6.54 Å². The normalized spacial score (nSPS) is 10.3. The molecule has 0 bridgehead atoms. The Morgan fingerprint density at radius 3 is 2.45 bits per heavy atom. The molecule has 0 aliphatic rings. The highest BCUT2D eigenvalue weighted by Gasteiger charge is 2.09. The van der Waals surface area contributed by atoms with Crippen molar-refractivity contribution in [3.05, 3.63) is 72.1 Å². The van der Waals surface area contributed by atoms with Crippen molar-refractivity contribution in [2.24, 2.45) is 5.73 Å². The van der Waals surface area contributed by atoms with Crippen LogP contribution in [0.15, 0.2) is 54.9 Å². The summed E-state index contributed by atoms with van der Waals surface area (Å²) in [7, 11) is 0. The number of hydrogen-bond donors (Lipinski definition) is 1. The molecule has 0 aliphatic carbocycles. The maximum Gasteiger partial charge on any atom is 0.131 e. The lowest BCUT2D eigenvalue weighted by Crippen LogP contribution is -1.97. The van der Waals surface area contributed by atoms with E-state index in [0.717, 1.165) is 5.56 Å². The van der Waals surface area contributed by atoms with E-state index in [4.69, 9.17) is 5.73 Å². The van der Waals surface area contributed by atoms with E-state index in [1.165, 1.54) is 18.2 Å². The van der Waals surface area contributed by atoms with Crippen molar-refractivity contribution in [3.63, 3.8) is 0 Å². The third kappa shape index (κ3) is 3.16. The van der Waals surface area contributed by atoms with Crippen LogP contribution >= 0.6 is 12.4 Å². The summed E-state index contributed by atoms with van der Waals surface area (Å²) in [4.78, 5) is 0. The van der Waals surface area contributed by atoms with E-state index in [1.54, 1.807) is 41.3 Å². The minimum atomic E-state index is -0.328. The fourth-order valence-electron chi connectivity index (χ4n) is 2.12. The summed E-state index contributed by atoms with van der Waals surface area (Å²) >= 11 is 0. The average molecular weight is 322 g/mol. The van der Waals surface area contributed by atoms with Gasteiger partial charge in [-0.1, -0.05) is 6.07 Å². The Morgan fingerprint density at radius 1 is 1.05 bits per heavy atom. The first-order valence-electron chi connectivity index (χ1n) is 6.47. The van der Waals surface area contributed by atoms with Crippen molar-refractivity contribution in [1.29, 1.82) is 0 Å². The van der Waals surface area contributed by atoms with Crippen molar-refractivity contribution in [2.75, 3.05) is 0 Å². The molecular weight excluding hydrogens is 308 g/mol. The van der Waals surface area contributed by atoms with E-state index < -0.39 is 0 Å². The van der Waals surface area contributed by atoms with Gasteiger partial charge >= 0.3 is 0 Å². The Bertz CT molecular complexity index is 769. The zero-order valence-electron chi connectivity index (χ0n) is 11.5. The van der Waals surface area contributed by atoms with Gasteiger partial charge in [-0.05, 0) is 42.0 Å². The van der Waals surface area contributed by atoms with Gasteiger partial charge in [-0.25, -0.2) is 13.5 Å². The summed E-state index contributed by atoms with van der Waals surface area (Å²) in [6, 6.07) is 10.7. The topological polar surface area (TPSA) is 43.8 Å². The fraction of sp³-hybridized carbons (Fsp3) is 0.0625. The Kier molecular flexibility index (Phi) is 4.90. The minimum absolute atomic E-state index is 0. The second-order valence-electron chi connectivity index (χ2n) is 4.67. The number of nitrogens with zero attached hydrogens (tertiary/aromatic N) is 2. The molecule has 0 amide bonds. The fourth-order valence-corrected chi connectivity index (χ4v) is 2.12. The molecule has 3 aromatic rings. The Morgan fingerprint density at radius 2 is 1.77 bits per heavy atom. The molecule has 0 atom stereocenters. The third-order valence-corrected chi connectivity index (χ3v) is 3.25. The second-order valence-corrected chi connectivity index (χ2v) is 4.67. The number of hydrogen-bond acceptors (Lipinski definition) is 2. The molecule has 0 saturated carbocycles. The van der Waals surface area contributed by atoms with Gasteiger partial charge in [-0.2, -0.15) is 5.10 Å². The molecule has 2 N–H and O–H groups in total. The molecule has 3 rings (SSSR count). The second kappa shape index (κ2) is 6.68. The number of benzene rings is 2. The first kappa shape index (κ1) is 16.1. The maximum atomic E-state index is 13.9. The molecule has 1 aromatic heterocycles. The molecule has 0 radical (unpaired) electrons. The highest BCUT2D eigenvalue weighted by molar-refractivity contribution is 5.85. The van der Waals surface area contributed by atoms with Gasteiger partial charge in [0, 0.05) is 23.9 Å². The molecule has 22 heavy (non-hydrogen) atoms. The van der Waals surface area contributed by atoms with Crippen molar-refractivity contribution in [2.45, 2.75) is 6.54 Å². The molecule has 1 heterocycles. The molecule has 6 heteroatoms. The lowest BCUT2D eigenvalue weighted by Gasteiger charge is -2.03. The average Bonchev–Trinajstić information content (AvgIpc) is 2.98. The zero-order chi connectivity index (χ0) is 14.8. The highest BCUT2D eigenvalue weighted by atomic mass is 35.5. The first-order chi connectivity index (χ1) is 10.2. The largest absolute Gasteiger partial charge is 0.326 e. The van der Waals surface area contributed by atoms with Crippen LogP contribution in [0.25, 0.3) is 16.8 Å². The van der Waals surface area contributed by atoms with Crippen LogP contribution in [0.2, 0.25) is 0 Å². The molecule has 0 saturated heterocycles. The molecule has 0 spiro atoms. The number of halogens is 3. The minimum Gasteiger partial charge on any atom is -0.326 e. The Labute approximate surface area is 132 Å². The van der Waals surface area contributed by atoms with Gasteiger partial charge in [0.15, 0.2) is 0 Å². The van der Waals surface area contributed by atoms with E-state index >= 15 is 0 Å². The highest BCUT2D eigenvalue weighted by Crippen LogP contribution is 2.24. The summed E-state index contributed by atoms with van der Waals surface area (Å²) in [6.45, 7) is 0.347. The third-order valence-electron chi connectivity index (χ3n) is 3.25. The zero-order valence-corrected chi connectivity index (χ0v) is 12.4. The van der Waals surface area contributed by atoms with Gasteiger partial charge in [0.1, 0.15) is 11.6 Å². The number of rotatable bonds is 3. The van der Waals surface area contributed by atoms with E-state index in [9.17, 15) is 8.78 Å². The van der Waals surface area contributed by atoms with Crippen LogP contribution in [0.3, 0.4) is 0 Å². The predicted molar refractivity (Wildman–Crippen MR) is 84.1 cm³/mol. The van der Waals surface area contributed by atoms with E-state index in [2.05, 4.69) is 5.10 Å². The molecule has 0 unspecified atom stereocenters. The van der Waals surface area contributed by atoms with Gasteiger partial charge in [-0.15, -0.1) is 12.4 Å². The lowest BCUT2D eigenvalue weighted by molar-refractivity contribution is 0.627. The lowest BCUT2D eigenvalue weighted by atomic mass is 10.1. The van der Waals surface area contributed by atoms with Crippen molar-refractivity contribution >= 4 is 12.4 Å². The number of aromatic nitrogens is 2. The predicted octanol–water partition coefficient (Wildman–Crippen LogP) is 3.70. The smallest absolute Gasteiger partial charge is 0.131 e. The van der Waals surface area contributed by atoms with E-state index in [0.29, 0.717) is 23.4 Å². The molecular formula is C16H14ClF2N3. The van der Waals surface area contributed by atoms with Gasteiger partial charge in [0.2, 0.25) is 0 Å². The molecule has 0 aliphatic heterocycles. The molecule has 0 fully saturated rings. The summed E-state index contributed by atoms with van der Waals surface area (Å²) < 4.78 is 28.4. The van der Waals surface area contributed by atoms with Crippen LogP contribution in [0.4, 0.5) is 8.78 Å². The van der Waals surface area contributed by atoms with Crippen molar-refractivity contribution in [1.82, 2.24) is 9.78 Å². The Balaban J connectivity index is 0.00000176. The molecule has 2 aromatic carbocycles. The summed E-state index contributed by atoms with van der Waals surface area (Å²) in [5.41, 5.74) is 8.23. The maximum absolute atomic E-state index is 13.9. The van der Waals surface area contributed by atoms with Crippen LogP contribution in [-0.4, -0.2) is 9.78 Å². The van der Waals surface area contributed by atoms with Crippen LogP contribution in [0.1, 0.15) is 5.56 Å². The summed E-state index contributed by atoms with van der Waals surface area (Å²) in [5.74, 6) is -0.640. The Hall–Kier alpha value is -2.24. The van der Waals surface area contributed by atoms with Crippen LogP contribution in [0, 0.1) is 11.6 Å². The summed E-state index contributed by atoms with van der Waals surface area (Å²) in [6.07, 6.45) is 3.27. The first-order valence-corrected chi connectivity index (χ1v) is 6.47. The van der Waals surface area contributed by atoms with Crippen LogP contribution < -0.4 is 5.73 Å². The summed E-state index contributed by atoms with van der Waals surface area (Å²) in [5, 5.41) is 4.19. The monoisotopic (exact) mass is 321 g/mol. The van der Waals surface area contributed by atoms with E-state index in [-0.39, 0.29) is 24.0 Å². The number of nitrogens with two attached hydrogens (primary N) is 1. The SMILES string of the molecule is Cl.NCc1ccc(F)c(-c2cnn(-c3ccc(F)cc3)c2)c1. The van der Waals surface area contributed by atoms with Gasteiger partial charge in [0.25, 0.3) is 0 Å².